The minimum absolute atomic E-state index is 0.0677. The first-order valence-electron chi connectivity index (χ1n) is 10.8. The van der Waals surface area contributed by atoms with E-state index in [2.05, 4.69) is 0 Å². The molecule has 2 aliphatic carbocycles. The molecule has 0 saturated heterocycles. The Balaban J connectivity index is 1.26. The van der Waals surface area contributed by atoms with Gasteiger partial charge in [0.2, 0.25) is 5.82 Å². The van der Waals surface area contributed by atoms with Gasteiger partial charge < -0.3 is 4.74 Å². The molecule has 144 valence electrons. The van der Waals surface area contributed by atoms with Gasteiger partial charge in [0.15, 0.2) is 11.6 Å². The summed E-state index contributed by atoms with van der Waals surface area (Å²) in [5.41, 5.74) is 0.821. The molecule has 0 amide bonds. The zero-order chi connectivity index (χ0) is 17.9. The zero-order valence-electron chi connectivity index (χ0n) is 15.8. The number of halogens is 2. The second-order valence-electron chi connectivity index (χ2n) is 8.91. The first-order valence-corrected chi connectivity index (χ1v) is 10.8. The summed E-state index contributed by atoms with van der Waals surface area (Å²) in [4.78, 5) is 0. The summed E-state index contributed by atoms with van der Waals surface area (Å²) in [5, 5.41) is 0. The zero-order valence-corrected chi connectivity index (χ0v) is 15.8. The maximum absolute atomic E-state index is 14.1. The van der Waals surface area contributed by atoms with Crippen molar-refractivity contribution in [1.29, 1.82) is 0 Å². The Bertz CT molecular complexity index is 600. The van der Waals surface area contributed by atoms with Crippen molar-refractivity contribution < 1.29 is 13.5 Å². The Morgan fingerprint density at radius 3 is 2.23 bits per heavy atom. The molecule has 2 fully saturated rings. The lowest BCUT2D eigenvalue weighted by Gasteiger charge is -2.37. The number of aryl methyl sites for hydroxylation is 1. The van der Waals surface area contributed by atoms with Crippen molar-refractivity contribution in [2.45, 2.75) is 89.6 Å². The van der Waals surface area contributed by atoms with E-state index < -0.39 is 11.6 Å². The Morgan fingerprint density at radius 2 is 1.50 bits per heavy atom. The van der Waals surface area contributed by atoms with E-state index in [1.807, 2.05) is 0 Å². The first-order chi connectivity index (χ1) is 12.7. The van der Waals surface area contributed by atoms with E-state index >= 15 is 0 Å². The average molecular weight is 363 g/mol. The highest BCUT2D eigenvalue weighted by molar-refractivity contribution is 5.37. The van der Waals surface area contributed by atoms with E-state index in [9.17, 15) is 8.78 Å². The maximum atomic E-state index is 14.1. The van der Waals surface area contributed by atoms with Crippen LogP contribution >= 0.6 is 0 Å². The number of ether oxygens (including phenoxy) is 1. The predicted molar refractivity (Wildman–Crippen MR) is 100 cm³/mol. The second kappa shape index (κ2) is 8.27. The number of hydrogen-bond donors (Lipinski definition) is 0. The van der Waals surface area contributed by atoms with Crippen molar-refractivity contribution in [3.05, 3.63) is 29.3 Å². The van der Waals surface area contributed by atoms with Gasteiger partial charge in [0.25, 0.3) is 0 Å². The molecule has 1 nitrogen and oxygen atoms in total. The highest BCUT2D eigenvalue weighted by Crippen LogP contribution is 2.40. The molecule has 3 aliphatic rings. The lowest BCUT2D eigenvalue weighted by Crippen LogP contribution is -2.34. The van der Waals surface area contributed by atoms with Crippen LogP contribution in [0.3, 0.4) is 0 Å². The highest BCUT2D eigenvalue weighted by atomic mass is 19.2. The molecule has 1 aromatic carbocycles. The third-order valence-corrected chi connectivity index (χ3v) is 7.22. The summed E-state index contributed by atoms with van der Waals surface area (Å²) in [7, 11) is 0. The molecule has 2 saturated carbocycles. The number of hydrogen-bond acceptors (Lipinski definition) is 1. The molecule has 0 radical (unpaired) electrons. The first kappa shape index (κ1) is 18.3. The monoisotopic (exact) mass is 362 g/mol. The third-order valence-electron chi connectivity index (χ3n) is 7.22. The molecule has 1 aliphatic heterocycles. The van der Waals surface area contributed by atoms with Crippen molar-refractivity contribution >= 4 is 0 Å². The maximum Gasteiger partial charge on any atom is 0.200 e. The fourth-order valence-corrected chi connectivity index (χ4v) is 5.53. The molecule has 1 unspecified atom stereocenters. The predicted octanol–water partition coefficient (Wildman–Crippen LogP) is 6.83. The van der Waals surface area contributed by atoms with Gasteiger partial charge in [-0.1, -0.05) is 63.9 Å². The van der Waals surface area contributed by atoms with Crippen molar-refractivity contribution in [2.24, 2.45) is 17.8 Å². The summed E-state index contributed by atoms with van der Waals surface area (Å²) in [6.45, 7) is 0. The van der Waals surface area contributed by atoms with Crippen LogP contribution in [0.15, 0.2) is 12.1 Å². The summed E-state index contributed by atoms with van der Waals surface area (Å²) >= 11 is 0. The lowest BCUT2D eigenvalue weighted by molar-refractivity contribution is 0.0700. The summed E-state index contributed by atoms with van der Waals surface area (Å²) < 4.78 is 33.5. The van der Waals surface area contributed by atoms with Gasteiger partial charge in [-0.2, -0.15) is 4.39 Å². The Hall–Kier alpha value is -1.12. The van der Waals surface area contributed by atoms with Crippen molar-refractivity contribution in [3.63, 3.8) is 0 Å². The number of rotatable bonds is 4. The molecule has 1 atom stereocenters. The van der Waals surface area contributed by atoms with Crippen LogP contribution in [0, 0.1) is 29.4 Å². The Morgan fingerprint density at radius 1 is 0.808 bits per heavy atom. The van der Waals surface area contributed by atoms with Gasteiger partial charge in [-0.25, -0.2) is 4.39 Å². The van der Waals surface area contributed by atoms with Gasteiger partial charge in [0.1, 0.15) is 6.10 Å². The minimum atomic E-state index is -0.798. The quantitative estimate of drug-likeness (QED) is 0.570. The molecular weight excluding hydrogens is 330 g/mol. The molecule has 3 heteroatoms. The molecule has 1 heterocycles. The fourth-order valence-electron chi connectivity index (χ4n) is 5.53. The Labute approximate surface area is 156 Å². The highest BCUT2D eigenvalue weighted by Gasteiger charge is 2.33. The summed E-state index contributed by atoms with van der Waals surface area (Å²) in [5.74, 6) is 0.956. The number of benzene rings is 1. The number of fused-ring (bicyclic) bond motifs is 1. The van der Waals surface area contributed by atoms with E-state index in [0.717, 1.165) is 30.2 Å². The van der Waals surface area contributed by atoms with Crippen LogP contribution in [0.1, 0.15) is 82.6 Å². The SMILES string of the molecule is Fc1ccc2c(c1F)OC(C1CCC(CCC3CCCCC3)CC1)CC2. The van der Waals surface area contributed by atoms with Crippen molar-refractivity contribution in [2.75, 3.05) is 0 Å². The van der Waals surface area contributed by atoms with E-state index in [0.29, 0.717) is 5.92 Å². The van der Waals surface area contributed by atoms with E-state index in [1.54, 1.807) is 6.07 Å². The lowest BCUT2D eigenvalue weighted by atomic mass is 9.74. The minimum Gasteiger partial charge on any atom is -0.487 e. The molecular formula is C23H32F2O. The van der Waals surface area contributed by atoms with Gasteiger partial charge in [0.05, 0.1) is 0 Å². The third kappa shape index (κ3) is 4.07. The van der Waals surface area contributed by atoms with Crippen LogP contribution in [0.4, 0.5) is 8.78 Å². The van der Waals surface area contributed by atoms with E-state index in [4.69, 9.17) is 4.74 Å². The average Bonchev–Trinajstić information content (AvgIpc) is 2.70. The fraction of sp³-hybridized carbons (Fsp3) is 0.739. The van der Waals surface area contributed by atoms with Gasteiger partial charge in [-0.05, 0) is 55.1 Å². The van der Waals surface area contributed by atoms with E-state index in [1.165, 1.54) is 76.7 Å². The van der Waals surface area contributed by atoms with Crippen LogP contribution in [0.5, 0.6) is 5.75 Å². The van der Waals surface area contributed by atoms with Crippen LogP contribution in [-0.2, 0) is 6.42 Å². The van der Waals surface area contributed by atoms with Crippen LogP contribution < -0.4 is 4.74 Å². The molecule has 0 spiro atoms. The Kier molecular flexibility index (Phi) is 5.81. The molecule has 4 rings (SSSR count). The van der Waals surface area contributed by atoms with Crippen molar-refractivity contribution in [1.82, 2.24) is 0 Å². The van der Waals surface area contributed by atoms with Crippen molar-refractivity contribution in [3.8, 4) is 5.75 Å². The van der Waals surface area contributed by atoms with Gasteiger partial charge in [0, 0.05) is 0 Å². The molecule has 26 heavy (non-hydrogen) atoms. The standard InChI is InChI=1S/C23H32F2O/c24-20-14-12-19-13-15-21(26-23(19)22(20)25)18-10-8-17(9-11-18)7-6-16-4-2-1-3-5-16/h12,14,16-18,21H,1-11,13,15H2. The smallest absolute Gasteiger partial charge is 0.200 e. The largest absolute Gasteiger partial charge is 0.487 e. The second-order valence-corrected chi connectivity index (χ2v) is 8.91. The van der Waals surface area contributed by atoms with Crippen LogP contribution in [-0.4, -0.2) is 6.10 Å². The summed E-state index contributed by atoms with van der Waals surface area (Å²) in [6, 6.07) is 2.89. The van der Waals surface area contributed by atoms with Gasteiger partial charge in [-0.3, -0.25) is 0 Å². The summed E-state index contributed by atoms with van der Waals surface area (Å²) in [6.07, 6.45) is 16.8. The van der Waals surface area contributed by atoms with Gasteiger partial charge in [-0.15, -0.1) is 0 Å². The van der Waals surface area contributed by atoms with Crippen LogP contribution in [0.25, 0.3) is 0 Å². The molecule has 0 aromatic heterocycles. The molecule has 1 aromatic rings. The normalized spacial score (nSPS) is 29.8. The molecule has 0 N–H and O–H groups in total. The van der Waals surface area contributed by atoms with Gasteiger partial charge >= 0.3 is 0 Å². The van der Waals surface area contributed by atoms with Crippen LogP contribution in [0.2, 0.25) is 0 Å². The topological polar surface area (TPSA) is 9.23 Å². The molecule has 0 bridgehead atoms. The van der Waals surface area contributed by atoms with E-state index in [-0.39, 0.29) is 11.9 Å².